The highest BCUT2D eigenvalue weighted by molar-refractivity contribution is 5.05. The van der Waals surface area contributed by atoms with Crippen molar-refractivity contribution in [2.75, 3.05) is 13.2 Å². The minimum atomic E-state index is 0.320. The van der Waals surface area contributed by atoms with Crippen LogP contribution in [0.25, 0.3) is 0 Å². The lowest BCUT2D eigenvalue weighted by molar-refractivity contribution is 0.124. The summed E-state index contributed by atoms with van der Waals surface area (Å²) in [6.45, 7) is 3.60. The lowest BCUT2D eigenvalue weighted by Crippen LogP contribution is -2.30. The van der Waals surface area contributed by atoms with Gasteiger partial charge in [-0.1, -0.05) is 6.42 Å². The average molecular weight is 169 g/mol. The second-order valence-corrected chi connectivity index (χ2v) is 4.16. The predicted molar refractivity (Wildman–Crippen MR) is 48.8 cm³/mol. The minimum Gasteiger partial charge on any atom is -0.380 e. The van der Waals surface area contributed by atoms with Gasteiger partial charge < -0.3 is 10.5 Å². The van der Waals surface area contributed by atoms with E-state index in [9.17, 15) is 0 Å². The smallest absolute Gasteiger partial charge is 0.0620 e. The molecule has 2 N–H and O–H groups in total. The van der Waals surface area contributed by atoms with Crippen molar-refractivity contribution in [3.05, 3.63) is 0 Å². The Bertz CT molecular complexity index is 150. The van der Waals surface area contributed by atoms with Gasteiger partial charge in [0.1, 0.15) is 0 Å². The van der Waals surface area contributed by atoms with Crippen LogP contribution < -0.4 is 5.73 Å². The van der Waals surface area contributed by atoms with Crippen LogP contribution in [-0.2, 0) is 4.74 Å². The lowest BCUT2D eigenvalue weighted by Gasteiger charge is -2.12. The van der Waals surface area contributed by atoms with Crippen molar-refractivity contribution >= 4 is 0 Å². The molecule has 0 aromatic heterocycles. The Kier molecular flexibility index (Phi) is 2.37. The summed E-state index contributed by atoms with van der Waals surface area (Å²) < 4.78 is 5.34. The molecular formula is C10H19NO. The molecule has 0 radical (unpaired) electrons. The van der Waals surface area contributed by atoms with Crippen LogP contribution >= 0.6 is 0 Å². The van der Waals surface area contributed by atoms with Crippen LogP contribution in [0.1, 0.15) is 26.2 Å². The highest BCUT2D eigenvalue weighted by atomic mass is 16.5. The molecule has 0 heterocycles. The Morgan fingerprint density at radius 3 is 2.67 bits per heavy atom. The van der Waals surface area contributed by atoms with Gasteiger partial charge in [0, 0.05) is 12.6 Å². The summed E-state index contributed by atoms with van der Waals surface area (Å²) in [6.07, 6.45) is 4.29. The Morgan fingerprint density at radius 2 is 2.08 bits per heavy atom. The number of nitrogens with two attached hydrogens (primary N) is 1. The zero-order chi connectivity index (χ0) is 8.55. The number of hydrogen-bond donors (Lipinski definition) is 1. The van der Waals surface area contributed by atoms with Gasteiger partial charge in [-0.3, -0.25) is 0 Å². The molecule has 0 bridgehead atoms. The molecule has 12 heavy (non-hydrogen) atoms. The summed E-state index contributed by atoms with van der Waals surface area (Å²) in [7, 11) is 0. The zero-order valence-electron chi connectivity index (χ0n) is 7.83. The van der Waals surface area contributed by atoms with E-state index in [1.165, 1.54) is 19.3 Å². The summed E-state index contributed by atoms with van der Waals surface area (Å²) in [5.74, 6) is 2.76. The average Bonchev–Trinajstić information content (AvgIpc) is 2.56. The quantitative estimate of drug-likeness (QED) is 0.690. The van der Waals surface area contributed by atoms with E-state index >= 15 is 0 Å². The van der Waals surface area contributed by atoms with E-state index < -0.39 is 0 Å². The van der Waals surface area contributed by atoms with Gasteiger partial charge in [0.15, 0.2) is 0 Å². The zero-order valence-corrected chi connectivity index (χ0v) is 7.83. The van der Waals surface area contributed by atoms with Crippen LogP contribution in [0, 0.1) is 17.8 Å². The molecule has 0 saturated heterocycles. The van der Waals surface area contributed by atoms with Crippen molar-refractivity contribution in [3.8, 4) is 0 Å². The largest absolute Gasteiger partial charge is 0.380 e. The highest BCUT2D eigenvalue weighted by Crippen LogP contribution is 2.58. The van der Waals surface area contributed by atoms with Crippen molar-refractivity contribution in [1.29, 1.82) is 0 Å². The SMILES string of the molecule is CCOCC(N)C1C2CCCC21. The lowest BCUT2D eigenvalue weighted by atomic mass is 10.1. The summed E-state index contributed by atoms with van der Waals surface area (Å²) in [6, 6.07) is 0.320. The van der Waals surface area contributed by atoms with Gasteiger partial charge in [-0.05, 0) is 37.5 Å². The monoisotopic (exact) mass is 169 g/mol. The third kappa shape index (κ3) is 1.38. The third-order valence-corrected chi connectivity index (χ3v) is 3.48. The molecule has 2 aliphatic carbocycles. The van der Waals surface area contributed by atoms with E-state index in [2.05, 4.69) is 0 Å². The molecular weight excluding hydrogens is 150 g/mol. The van der Waals surface area contributed by atoms with Gasteiger partial charge in [0.05, 0.1) is 6.61 Å². The Hall–Kier alpha value is -0.0800. The molecule has 0 amide bonds. The Morgan fingerprint density at radius 1 is 1.42 bits per heavy atom. The third-order valence-electron chi connectivity index (χ3n) is 3.48. The number of hydrogen-bond acceptors (Lipinski definition) is 2. The molecule has 2 saturated carbocycles. The maximum absolute atomic E-state index is 6.03. The van der Waals surface area contributed by atoms with Crippen LogP contribution in [0.4, 0.5) is 0 Å². The second-order valence-electron chi connectivity index (χ2n) is 4.16. The van der Waals surface area contributed by atoms with Gasteiger partial charge in [-0.25, -0.2) is 0 Å². The Balaban J connectivity index is 1.72. The van der Waals surface area contributed by atoms with E-state index in [4.69, 9.17) is 10.5 Å². The first kappa shape index (κ1) is 8.52. The fourth-order valence-electron chi connectivity index (χ4n) is 2.88. The molecule has 2 fully saturated rings. The van der Waals surface area contributed by atoms with Crippen LogP contribution in [0.5, 0.6) is 0 Å². The second kappa shape index (κ2) is 3.35. The minimum absolute atomic E-state index is 0.320. The normalized spacial score (nSPS) is 41.0. The summed E-state index contributed by atoms with van der Waals surface area (Å²) in [5.41, 5.74) is 6.03. The number of fused-ring (bicyclic) bond motifs is 1. The summed E-state index contributed by atoms with van der Waals surface area (Å²) >= 11 is 0. The molecule has 3 atom stereocenters. The van der Waals surface area contributed by atoms with Gasteiger partial charge in [-0.15, -0.1) is 0 Å². The molecule has 70 valence electrons. The predicted octanol–water partition coefficient (Wildman–Crippen LogP) is 1.40. The van der Waals surface area contributed by atoms with Crippen molar-refractivity contribution in [2.24, 2.45) is 23.5 Å². The van der Waals surface area contributed by atoms with Crippen molar-refractivity contribution < 1.29 is 4.74 Å². The van der Waals surface area contributed by atoms with Crippen LogP contribution in [0.15, 0.2) is 0 Å². The molecule has 2 heteroatoms. The van der Waals surface area contributed by atoms with Crippen LogP contribution in [0.3, 0.4) is 0 Å². The maximum atomic E-state index is 6.03. The van der Waals surface area contributed by atoms with Gasteiger partial charge in [0.25, 0.3) is 0 Å². The van der Waals surface area contributed by atoms with E-state index in [1.54, 1.807) is 0 Å². The van der Waals surface area contributed by atoms with Crippen molar-refractivity contribution in [1.82, 2.24) is 0 Å². The molecule has 2 nitrogen and oxygen atoms in total. The first-order chi connectivity index (χ1) is 5.84. The van der Waals surface area contributed by atoms with E-state index in [0.717, 1.165) is 31.0 Å². The summed E-state index contributed by atoms with van der Waals surface area (Å²) in [5, 5.41) is 0. The Labute approximate surface area is 74.5 Å². The first-order valence-electron chi connectivity index (χ1n) is 5.18. The van der Waals surface area contributed by atoms with Gasteiger partial charge >= 0.3 is 0 Å². The molecule has 0 aliphatic heterocycles. The van der Waals surface area contributed by atoms with Crippen molar-refractivity contribution in [2.45, 2.75) is 32.2 Å². The highest BCUT2D eigenvalue weighted by Gasteiger charge is 2.54. The van der Waals surface area contributed by atoms with Crippen LogP contribution in [-0.4, -0.2) is 19.3 Å². The van der Waals surface area contributed by atoms with Crippen LogP contribution in [0.2, 0.25) is 0 Å². The molecule has 0 aromatic rings. The van der Waals surface area contributed by atoms with Gasteiger partial charge in [0.2, 0.25) is 0 Å². The molecule has 2 aliphatic rings. The van der Waals surface area contributed by atoms with E-state index in [1.807, 2.05) is 6.92 Å². The fraction of sp³-hybridized carbons (Fsp3) is 1.00. The van der Waals surface area contributed by atoms with E-state index in [0.29, 0.717) is 6.04 Å². The molecule has 3 unspecified atom stereocenters. The number of rotatable bonds is 4. The molecule has 0 spiro atoms. The number of ether oxygens (including phenoxy) is 1. The summed E-state index contributed by atoms with van der Waals surface area (Å²) in [4.78, 5) is 0. The molecule has 2 rings (SSSR count). The fourth-order valence-corrected chi connectivity index (χ4v) is 2.88. The van der Waals surface area contributed by atoms with Gasteiger partial charge in [-0.2, -0.15) is 0 Å². The van der Waals surface area contributed by atoms with E-state index in [-0.39, 0.29) is 0 Å². The molecule has 0 aromatic carbocycles. The standard InChI is InChI=1S/C10H19NO/c1-2-12-6-9(11)10-7-4-3-5-8(7)10/h7-10H,2-6,11H2,1H3. The topological polar surface area (TPSA) is 35.2 Å². The van der Waals surface area contributed by atoms with Crippen molar-refractivity contribution in [3.63, 3.8) is 0 Å². The maximum Gasteiger partial charge on any atom is 0.0620 e. The first-order valence-corrected chi connectivity index (χ1v) is 5.18.